The second kappa shape index (κ2) is 11.0. The predicted molar refractivity (Wildman–Crippen MR) is 98.6 cm³/mol. The van der Waals surface area contributed by atoms with E-state index in [1.165, 1.54) is 12.2 Å². The van der Waals surface area contributed by atoms with E-state index in [2.05, 4.69) is 4.84 Å². The van der Waals surface area contributed by atoms with Crippen LogP contribution >= 0.6 is 0 Å². The Kier molecular flexibility index (Phi) is 9.62. The molecule has 29 heavy (non-hydrogen) atoms. The van der Waals surface area contributed by atoms with Crippen molar-refractivity contribution in [2.75, 3.05) is 6.54 Å². The number of unbranched alkanes of at least 4 members (excludes halogenated alkanes) is 4. The van der Waals surface area contributed by atoms with Gasteiger partial charge in [-0.05, 0) is 12.8 Å². The molecule has 0 aromatic carbocycles. The molecule has 0 aromatic rings. The van der Waals surface area contributed by atoms with Crippen LogP contribution in [0.5, 0.6) is 0 Å². The van der Waals surface area contributed by atoms with Crippen molar-refractivity contribution < 1.29 is 41.8 Å². The maximum absolute atomic E-state index is 11.7. The summed E-state index contributed by atoms with van der Waals surface area (Å²) >= 11 is 0. The Balaban J connectivity index is 0.00000420. The van der Waals surface area contributed by atoms with Crippen LogP contribution in [0.2, 0.25) is 0 Å². The van der Waals surface area contributed by atoms with E-state index < -0.39 is 39.6 Å². The van der Waals surface area contributed by atoms with E-state index in [4.69, 9.17) is 4.55 Å². The van der Waals surface area contributed by atoms with E-state index >= 15 is 0 Å². The number of rotatable bonds is 10. The summed E-state index contributed by atoms with van der Waals surface area (Å²) in [6, 6.07) is 0. The zero-order valence-corrected chi connectivity index (χ0v) is 15.7. The summed E-state index contributed by atoms with van der Waals surface area (Å²) in [5, 5.41) is -1.86. The first-order valence-electron chi connectivity index (χ1n) is 8.68. The fourth-order valence-electron chi connectivity index (χ4n) is 2.78. The van der Waals surface area contributed by atoms with Gasteiger partial charge in [-0.15, -0.1) is 5.06 Å². The average Bonchev–Trinajstić information content (AvgIpc) is 3.07. The summed E-state index contributed by atoms with van der Waals surface area (Å²) in [4.78, 5) is 63.5. The van der Waals surface area contributed by atoms with Crippen LogP contribution in [0.25, 0.3) is 0 Å². The van der Waals surface area contributed by atoms with E-state index in [0.717, 1.165) is 17.7 Å². The molecule has 0 radical (unpaired) electrons. The minimum absolute atomic E-state index is 0. The number of hydrogen-bond acceptors (Lipinski definition) is 8. The first-order chi connectivity index (χ1) is 13.1. The molecule has 0 aromatic heterocycles. The van der Waals surface area contributed by atoms with Gasteiger partial charge in [0.1, 0.15) is 0 Å². The number of carbonyl (C=O) groups is 5. The Morgan fingerprint density at radius 2 is 1.59 bits per heavy atom. The fraction of sp³-hybridized carbons (Fsp3) is 0.562. The number of imide groups is 2. The van der Waals surface area contributed by atoms with E-state index in [1.54, 1.807) is 0 Å². The van der Waals surface area contributed by atoms with Crippen LogP contribution in [0.4, 0.5) is 0 Å². The van der Waals surface area contributed by atoms with Crippen molar-refractivity contribution in [1.82, 2.24) is 9.96 Å². The van der Waals surface area contributed by atoms with Crippen LogP contribution < -0.4 is 0 Å². The van der Waals surface area contributed by atoms with Crippen molar-refractivity contribution in [3.63, 3.8) is 0 Å². The topological polar surface area (TPSA) is 155 Å². The Morgan fingerprint density at radius 1 is 1.03 bits per heavy atom. The summed E-state index contributed by atoms with van der Waals surface area (Å²) in [7, 11) is -4.75. The van der Waals surface area contributed by atoms with Gasteiger partial charge in [0.15, 0.2) is 5.25 Å². The van der Waals surface area contributed by atoms with Gasteiger partial charge in [-0.2, -0.15) is 8.42 Å². The van der Waals surface area contributed by atoms with Gasteiger partial charge in [0.05, 0.1) is 6.42 Å². The molecule has 1 saturated heterocycles. The molecular weight excluding hydrogens is 419 g/mol. The minimum atomic E-state index is -4.75. The van der Waals surface area contributed by atoms with Gasteiger partial charge in [-0.1, -0.05) is 19.3 Å². The molecular formula is C16H21N2NaO9S. The maximum atomic E-state index is 11.7. The molecule has 2 aliphatic rings. The Hall–Kier alpha value is -1.60. The second-order valence-electron chi connectivity index (χ2n) is 6.38. The number of carbonyl (C=O) groups excluding carboxylic acids is 5. The van der Waals surface area contributed by atoms with Crippen LogP contribution in [0.15, 0.2) is 12.2 Å². The number of hydrogen-bond donors (Lipinski definition) is 1. The van der Waals surface area contributed by atoms with Crippen molar-refractivity contribution in [2.24, 2.45) is 0 Å². The van der Waals surface area contributed by atoms with Crippen molar-refractivity contribution in [3.05, 3.63) is 12.2 Å². The van der Waals surface area contributed by atoms with Gasteiger partial charge in [-0.25, -0.2) is 4.79 Å². The molecule has 156 valence electrons. The number of amides is 4. The molecule has 1 N–H and O–H groups in total. The zero-order valence-electron chi connectivity index (χ0n) is 14.9. The molecule has 4 amide bonds. The molecule has 1 fully saturated rings. The SMILES string of the molecule is O=C(CCCCCCCN1C(=O)C=CC1=O)ON1C(=O)CC(S(=O)(=O)O)C1=O.[NaH]. The van der Waals surface area contributed by atoms with E-state index in [0.29, 0.717) is 25.8 Å². The van der Waals surface area contributed by atoms with Gasteiger partial charge >= 0.3 is 35.5 Å². The first kappa shape index (κ1) is 25.4. The van der Waals surface area contributed by atoms with Crippen molar-refractivity contribution in [2.45, 2.75) is 50.2 Å². The van der Waals surface area contributed by atoms with Crippen molar-refractivity contribution in [3.8, 4) is 0 Å². The molecule has 1 unspecified atom stereocenters. The molecule has 0 spiro atoms. The van der Waals surface area contributed by atoms with Crippen molar-refractivity contribution in [1.29, 1.82) is 0 Å². The summed E-state index contributed by atoms with van der Waals surface area (Å²) in [6.45, 7) is 0.334. The molecule has 2 aliphatic heterocycles. The summed E-state index contributed by atoms with van der Waals surface area (Å²) in [6.07, 6.45) is 4.77. The van der Waals surface area contributed by atoms with Crippen LogP contribution in [-0.4, -0.2) is 93.9 Å². The van der Waals surface area contributed by atoms with Crippen LogP contribution in [0.3, 0.4) is 0 Å². The number of hydroxylamine groups is 2. The molecule has 2 rings (SSSR count). The van der Waals surface area contributed by atoms with Gasteiger partial charge in [0.25, 0.3) is 33.7 Å². The third kappa shape index (κ3) is 7.00. The fourth-order valence-corrected chi connectivity index (χ4v) is 3.48. The molecule has 13 heteroatoms. The van der Waals surface area contributed by atoms with Crippen molar-refractivity contribution >= 4 is 69.3 Å². The standard InChI is InChI=1S/C16H20N2O9S.Na.H/c19-12-7-8-13(20)17(12)9-5-3-1-2-4-6-15(22)27-18-14(21)10-11(16(18)23)28(24,25)26;;/h7-8,11H,1-6,9-10H2,(H,24,25,26);;. The van der Waals surface area contributed by atoms with Crippen LogP contribution in [0, 0.1) is 0 Å². The predicted octanol–water partition coefficient (Wildman–Crippen LogP) is -0.923. The molecule has 0 bridgehead atoms. The zero-order chi connectivity index (χ0) is 20.9. The molecule has 1 atom stereocenters. The third-order valence-electron chi connectivity index (χ3n) is 4.28. The normalized spacial score (nSPS) is 19.1. The summed E-state index contributed by atoms with van der Waals surface area (Å²) in [5.74, 6) is -3.81. The van der Waals surface area contributed by atoms with Gasteiger partial charge in [-0.3, -0.25) is 28.6 Å². The first-order valence-corrected chi connectivity index (χ1v) is 10.2. The molecule has 0 aliphatic carbocycles. The van der Waals surface area contributed by atoms with E-state index in [1.807, 2.05) is 0 Å². The summed E-state index contributed by atoms with van der Waals surface area (Å²) < 4.78 is 30.9. The molecule has 0 saturated carbocycles. The summed E-state index contributed by atoms with van der Waals surface area (Å²) in [5.41, 5.74) is 0. The van der Waals surface area contributed by atoms with E-state index in [9.17, 15) is 32.4 Å². The third-order valence-corrected chi connectivity index (χ3v) is 5.37. The van der Waals surface area contributed by atoms with Gasteiger partial charge in [0, 0.05) is 25.1 Å². The second-order valence-corrected chi connectivity index (χ2v) is 7.98. The number of nitrogens with zero attached hydrogens (tertiary/aromatic N) is 2. The van der Waals surface area contributed by atoms with Gasteiger partial charge in [0.2, 0.25) is 0 Å². The Labute approximate surface area is 189 Å². The molecule has 11 nitrogen and oxygen atoms in total. The average molecular weight is 440 g/mol. The monoisotopic (exact) mass is 440 g/mol. The Morgan fingerprint density at radius 3 is 2.14 bits per heavy atom. The Bertz CT molecular complexity index is 806. The quantitative estimate of drug-likeness (QED) is 0.196. The van der Waals surface area contributed by atoms with E-state index in [-0.39, 0.29) is 52.9 Å². The molecule has 2 heterocycles. The van der Waals surface area contributed by atoms with Crippen LogP contribution in [0.1, 0.15) is 44.9 Å². The van der Waals surface area contributed by atoms with Gasteiger partial charge < -0.3 is 4.84 Å². The van der Waals surface area contributed by atoms with Crippen LogP contribution in [-0.2, 0) is 38.9 Å².